The molecule has 3 rings (SSSR count). The predicted molar refractivity (Wildman–Crippen MR) is 99.1 cm³/mol. The van der Waals surface area contributed by atoms with Crippen molar-refractivity contribution >= 4 is 11.4 Å². The molecular weight excluding hydrogens is 278 g/mol. The second kappa shape index (κ2) is 7.64. The Morgan fingerprint density at radius 2 is 1.22 bits per heavy atom. The van der Waals surface area contributed by atoms with E-state index in [9.17, 15) is 0 Å². The van der Waals surface area contributed by atoms with E-state index in [1.54, 1.807) is 0 Å². The maximum Gasteiger partial charge on any atom is 0.0410 e. The molecule has 0 aliphatic heterocycles. The molecule has 115 valence electrons. The van der Waals surface area contributed by atoms with Gasteiger partial charge < -0.3 is 4.90 Å². The zero-order valence-corrected chi connectivity index (χ0v) is 13.4. The quantitative estimate of drug-likeness (QED) is 0.569. The van der Waals surface area contributed by atoms with Crippen LogP contribution in [0, 0.1) is 6.92 Å². The van der Waals surface area contributed by atoms with Crippen LogP contribution in [0.3, 0.4) is 0 Å². The fourth-order valence-corrected chi connectivity index (χ4v) is 2.78. The molecule has 0 fully saturated rings. The van der Waals surface area contributed by atoms with Gasteiger partial charge in [-0.1, -0.05) is 60.7 Å². The molecule has 0 heterocycles. The van der Waals surface area contributed by atoms with Crippen LogP contribution >= 0.6 is 0 Å². The van der Waals surface area contributed by atoms with E-state index >= 15 is 0 Å². The predicted octanol–water partition coefficient (Wildman–Crippen LogP) is 5.64. The second-order valence-corrected chi connectivity index (χ2v) is 5.74. The molecule has 23 heavy (non-hydrogen) atoms. The van der Waals surface area contributed by atoms with E-state index in [1.807, 2.05) is 0 Å². The minimum Gasteiger partial charge on any atom is -0.341 e. The molecule has 0 unspecified atom stereocenters. The van der Waals surface area contributed by atoms with E-state index in [-0.39, 0.29) is 0 Å². The first-order valence-electron chi connectivity index (χ1n) is 8.11. The van der Waals surface area contributed by atoms with Gasteiger partial charge in [0.15, 0.2) is 0 Å². The van der Waals surface area contributed by atoms with E-state index in [2.05, 4.69) is 96.8 Å². The number of aryl methyl sites for hydroxylation is 1. The minimum atomic E-state index is 0.995. The fourth-order valence-electron chi connectivity index (χ4n) is 2.78. The number of nitrogens with zero attached hydrogens (tertiary/aromatic N) is 1. The monoisotopic (exact) mass is 300 g/mol. The van der Waals surface area contributed by atoms with Crippen molar-refractivity contribution in [3.8, 4) is 0 Å². The molecule has 0 aliphatic carbocycles. The average molecular weight is 300 g/mol. The first kappa shape index (κ1) is 15.4. The van der Waals surface area contributed by atoms with Crippen LogP contribution in [-0.2, 0) is 6.42 Å². The van der Waals surface area contributed by atoms with E-state index < -0.39 is 0 Å². The first-order chi connectivity index (χ1) is 11.3. The summed E-state index contributed by atoms with van der Waals surface area (Å²) in [5, 5.41) is 0. The Hall–Kier alpha value is -2.54. The third-order valence-corrected chi connectivity index (χ3v) is 4.01. The lowest BCUT2D eigenvalue weighted by molar-refractivity contribution is 0.807. The number of hydrogen-bond acceptors (Lipinski definition) is 1. The van der Waals surface area contributed by atoms with Gasteiger partial charge in [-0.15, -0.1) is 0 Å². The smallest absolute Gasteiger partial charge is 0.0410 e. The molecule has 1 nitrogen and oxygen atoms in total. The summed E-state index contributed by atoms with van der Waals surface area (Å²) in [5.41, 5.74) is 4.90. The molecule has 0 atom stereocenters. The maximum absolute atomic E-state index is 3.98. The number of anilines is 2. The van der Waals surface area contributed by atoms with E-state index in [0.717, 1.165) is 24.9 Å². The summed E-state index contributed by atoms with van der Waals surface area (Å²) in [5.74, 6) is 0. The lowest BCUT2D eigenvalue weighted by atomic mass is 10.1. The second-order valence-electron chi connectivity index (χ2n) is 5.74. The average Bonchev–Trinajstić information content (AvgIpc) is 2.61. The van der Waals surface area contributed by atoms with Crippen LogP contribution in [0.1, 0.15) is 17.5 Å². The van der Waals surface area contributed by atoms with Crippen molar-refractivity contribution in [3.63, 3.8) is 0 Å². The third-order valence-electron chi connectivity index (χ3n) is 4.01. The molecular formula is C22H22N. The Morgan fingerprint density at radius 1 is 0.652 bits per heavy atom. The molecule has 1 radical (unpaired) electrons. The van der Waals surface area contributed by atoms with Crippen LogP contribution in [0.2, 0.25) is 0 Å². The largest absolute Gasteiger partial charge is 0.341 e. The topological polar surface area (TPSA) is 3.24 Å². The number of rotatable bonds is 6. The van der Waals surface area contributed by atoms with Crippen molar-refractivity contribution in [1.29, 1.82) is 0 Å². The normalized spacial score (nSPS) is 10.5. The SMILES string of the molecule is [CH2]c1ccc(N(CCCc2ccccc2)c2ccccc2)cc1. The van der Waals surface area contributed by atoms with Crippen LogP contribution in [0.25, 0.3) is 0 Å². The molecule has 0 amide bonds. The van der Waals surface area contributed by atoms with Crippen molar-refractivity contribution in [1.82, 2.24) is 0 Å². The molecule has 0 aliphatic rings. The lowest BCUT2D eigenvalue weighted by Gasteiger charge is -2.25. The molecule has 0 spiro atoms. The summed E-state index contributed by atoms with van der Waals surface area (Å²) in [4.78, 5) is 2.38. The van der Waals surface area contributed by atoms with Crippen molar-refractivity contribution in [2.75, 3.05) is 11.4 Å². The zero-order valence-electron chi connectivity index (χ0n) is 13.4. The molecule has 0 saturated heterocycles. The van der Waals surface area contributed by atoms with Gasteiger partial charge in [0, 0.05) is 17.9 Å². The van der Waals surface area contributed by atoms with Gasteiger partial charge in [-0.25, -0.2) is 0 Å². The molecule has 1 heteroatoms. The number of hydrogen-bond donors (Lipinski definition) is 0. The van der Waals surface area contributed by atoms with Gasteiger partial charge in [-0.05, 0) is 55.2 Å². The molecule has 3 aromatic carbocycles. The Kier molecular flexibility index (Phi) is 5.10. The summed E-state index contributed by atoms with van der Waals surface area (Å²) < 4.78 is 0. The molecule has 0 N–H and O–H groups in total. The minimum absolute atomic E-state index is 0.995. The standard InChI is InChI=1S/C22H22N/c1-19-14-16-22(17-15-19)23(21-12-6-3-7-13-21)18-8-11-20-9-4-2-5-10-20/h2-7,9-10,12-17H,1,8,11,18H2. The summed E-state index contributed by atoms with van der Waals surface area (Å²) in [6.45, 7) is 4.97. The number of para-hydroxylation sites is 1. The summed E-state index contributed by atoms with van der Waals surface area (Å²) in [6, 6.07) is 29.7. The Balaban J connectivity index is 1.74. The van der Waals surface area contributed by atoms with E-state index in [4.69, 9.17) is 0 Å². The highest BCUT2D eigenvalue weighted by Gasteiger charge is 2.08. The van der Waals surface area contributed by atoms with Crippen LogP contribution in [0.15, 0.2) is 84.9 Å². The first-order valence-corrected chi connectivity index (χ1v) is 8.11. The van der Waals surface area contributed by atoms with Crippen molar-refractivity contribution in [2.45, 2.75) is 12.8 Å². The van der Waals surface area contributed by atoms with Crippen molar-refractivity contribution < 1.29 is 0 Å². The summed E-state index contributed by atoms with van der Waals surface area (Å²) in [7, 11) is 0. The Bertz CT molecular complexity index is 702. The highest BCUT2D eigenvalue weighted by atomic mass is 15.1. The molecule has 0 bridgehead atoms. The lowest BCUT2D eigenvalue weighted by Crippen LogP contribution is -2.18. The van der Waals surface area contributed by atoms with Gasteiger partial charge in [0.05, 0.1) is 0 Å². The summed E-state index contributed by atoms with van der Waals surface area (Å²) >= 11 is 0. The number of benzene rings is 3. The summed E-state index contributed by atoms with van der Waals surface area (Å²) in [6.07, 6.45) is 2.21. The fraction of sp³-hybridized carbons (Fsp3) is 0.136. The highest BCUT2D eigenvalue weighted by molar-refractivity contribution is 5.63. The van der Waals surface area contributed by atoms with Crippen molar-refractivity contribution in [2.24, 2.45) is 0 Å². The van der Waals surface area contributed by atoms with Crippen LogP contribution in [0.5, 0.6) is 0 Å². The maximum atomic E-state index is 3.98. The van der Waals surface area contributed by atoms with Crippen LogP contribution in [0.4, 0.5) is 11.4 Å². The molecule has 0 aromatic heterocycles. The van der Waals surface area contributed by atoms with Gasteiger partial charge in [0.2, 0.25) is 0 Å². The Labute approximate surface area is 139 Å². The Morgan fingerprint density at radius 3 is 1.87 bits per heavy atom. The van der Waals surface area contributed by atoms with E-state index in [1.165, 1.54) is 16.9 Å². The van der Waals surface area contributed by atoms with Gasteiger partial charge in [0.1, 0.15) is 0 Å². The van der Waals surface area contributed by atoms with Gasteiger partial charge in [-0.3, -0.25) is 0 Å². The highest BCUT2D eigenvalue weighted by Crippen LogP contribution is 2.26. The van der Waals surface area contributed by atoms with E-state index in [0.29, 0.717) is 0 Å². The zero-order chi connectivity index (χ0) is 15.9. The molecule has 0 saturated carbocycles. The van der Waals surface area contributed by atoms with Crippen LogP contribution < -0.4 is 4.90 Å². The van der Waals surface area contributed by atoms with Crippen molar-refractivity contribution in [3.05, 3.63) is 103 Å². The third kappa shape index (κ3) is 4.23. The van der Waals surface area contributed by atoms with Gasteiger partial charge >= 0.3 is 0 Å². The van der Waals surface area contributed by atoms with Crippen LogP contribution in [-0.4, -0.2) is 6.54 Å². The van der Waals surface area contributed by atoms with Gasteiger partial charge in [-0.2, -0.15) is 0 Å². The van der Waals surface area contributed by atoms with Gasteiger partial charge in [0.25, 0.3) is 0 Å². The molecule has 3 aromatic rings.